The van der Waals surface area contributed by atoms with Crippen LogP contribution in [-0.4, -0.2) is 18.5 Å². The number of benzene rings is 1. The van der Waals surface area contributed by atoms with E-state index in [4.69, 9.17) is 13.9 Å². The van der Waals surface area contributed by atoms with Crippen molar-refractivity contribution < 1.29 is 23.5 Å². The first-order valence-electron chi connectivity index (χ1n) is 7.82. The number of carbonyl (C=O) groups is 2. The zero-order valence-electron chi connectivity index (χ0n) is 14.0. The van der Waals surface area contributed by atoms with Gasteiger partial charge < -0.3 is 13.9 Å². The summed E-state index contributed by atoms with van der Waals surface area (Å²) in [5.41, 5.74) is 0.782. The molecule has 6 nitrogen and oxygen atoms in total. The van der Waals surface area contributed by atoms with Crippen molar-refractivity contribution in [1.29, 1.82) is 0 Å². The first kappa shape index (κ1) is 17.7. The second-order valence-corrected chi connectivity index (χ2v) is 5.38. The van der Waals surface area contributed by atoms with Crippen molar-refractivity contribution in [2.24, 2.45) is 0 Å². The fourth-order valence-electron chi connectivity index (χ4n) is 2.49. The molecule has 0 aliphatic rings. The minimum Gasteiger partial charge on any atom is -0.466 e. The van der Waals surface area contributed by atoms with Gasteiger partial charge >= 0.3 is 11.9 Å². The van der Waals surface area contributed by atoms with E-state index in [-0.39, 0.29) is 17.8 Å². The number of hydrogen-bond donors (Lipinski definition) is 0. The molecule has 0 radical (unpaired) electrons. The van der Waals surface area contributed by atoms with Crippen molar-refractivity contribution in [1.82, 2.24) is 0 Å². The van der Waals surface area contributed by atoms with E-state index in [0.717, 1.165) is 0 Å². The van der Waals surface area contributed by atoms with Gasteiger partial charge in [-0.2, -0.15) is 0 Å². The lowest BCUT2D eigenvalue weighted by atomic mass is 10.0. The van der Waals surface area contributed by atoms with Gasteiger partial charge in [-0.15, -0.1) is 0 Å². The molecule has 0 N–H and O–H groups in total. The molecule has 0 aliphatic carbocycles. The molecular formula is C18H20O6. The van der Waals surface area contributed by atoms with E-state index in [2.05, 4.69) is 0 Å². The van der Waals surface area contributed by atoms with Crippen molar-refractivity contribution in [3.63, 3.8) is 0 Å². The summed E-state index contributed by atoms with van der Waals surface area (Å²) in [6, 6.07) is 4.65. The van der Waals surface area contributed by atoms with Gasteiger partial charge in [0.05, 0.1) is 12.0 Å². The maximum absolute atomic E-state index is 12.6. The summed E-state index contributed by atoms with van der Waals surface area (Å²) in [4.78, 5) is 35.0. The van der Waals surface area contributed by atoms with E-state index in [1.807, 2.05) is 0 Å². The highest BCUT2D eigenvalue weighted by molar-refractivity contribution is 5.80. The summed E-state index contributed by atoms with van der Waals surface area (Å²) in [5.74, 6) is 0.110. The molecular weight excluding hydrogens is 312 g/mol. The number of fused-ring (bicyclic) bond motifs is 1. The molecule has 0 unspecified atom stereocenters. The van der Waals surface area contributed by atoms with E-state index in [9.17, 15) is 14.4 Å². The van der Waals surface area contributed by atoms with Gasteiger partial charge in [0.2, 0.25) is 0 Å². The molecule has 128 valence electrons. The average molecular weight is 332 g/mol. The Balaban J connectivity index is 2.24. The first-order valence-corrected chi connectivity index (χ1v) is 7.82. The van der Waals surface area contributed by atoms with Gasteiger partial charge in [-0.05, 0) is 38.8 Å². The smallest absolute Gasteiger partial charge is 0.308 e. The van der Waals surface area contributed by atoms with E-state index in [1.165, 1.54) is 13.0 Å². The molecule has 0 spiro atoms. The largest absolute Gasteiger partial charge is 0.466 e. The number of hydrogen-bond acceptors (Lipinski definition) is 6. The molecule has 0 fully saturated rings. The maximum Gasteiger partial charge on any atom is 0.308 e. The molecule has 1 aromatic carbocycles. The molecule has 6 heteroatoms. The highest BCUT2D eigenvalue weighted by Gasteiger charge is 2.13. The van der Waals surface area contributed by atoms with Crippen LogP contribution in [0.25, 0.3) is 11.0 Å². The molecule has 0 atom stereocenters. The van der Waals surface area contributed by atoms with E-state index in [0.29, 0.717) is 47.5 Å². The van der Waals surface area contributed by atoms with Crippen LogP contribution in [0.4, 0.5) is 0 Å². The van der Waals surface area contributed by atoms with E-state index < -0.39 is 5.97 Å². The highest BCUT2D eigenvalue weighted by atomic mass is 16.5. The third kappa shape index (κ3) is 4.22. The van der Waals surface area contributed by atoms with Crippen molar-refractivity contribution in [3.8, 4) is 5.75 Å². The van der Waals surface area contributed by atoms with Crippen LogP contribution in [0.1, 0.15) is 38.0 Å². The molecule has 0 saturated heterocycles. The number of rotatable bonds is 6. The first-order chi connectivity index (χ1) is 11.4. The predicted molar refractivity (Wildman–Crippen MR) is 88.1 cm³/mol. The van der Waals surface area contributed by atoms with Gasteiger partial charge in [-0.1, -0.05) is 0 Å². The fourth-order valence-corrected chi connectivity index (χ4v) is 2.49. The maximum atomic E-state index is 12.6. The molecule has 2 aromatic rings. The molecule has 0 aliphatic heterocycles. The summed E-state index contributed by atoms with van der Waals surface area (Å²) >= 11 is 0. The van der Waals surface area contributed by atoms with Crippen LogP contribution >= 0.6 is 0 Å². The van der Waals surface area contributed by atoms with Crippen LogP contribution in [0, 0.1) is 6.92 Å². The number of ether oxygens (including phenoxy) is 2. The lowest BCUT2D eigenvalue weighted by Crippen LogP contribution is -2.13. The lowest BCUT2D eigenvalue weighted by Gasteiger charge is -2.08. The van der Waals surface area contributed by atoms with Gasteiger partial charge in [-0.3, -0.25) is 14.4 Å². The monoisotopic (exact) mass is 332 g/mol. The van der Waals surface area contributed by atoms with Crippen LogP contribution in [0.3, 0.4) is 0 Å². The quantitative estimate of drug-likeness (QED) is 0.597. The van der Waals surface area contributed by atoms with Gasteiger partial charge in [0.25, 0.3) is 0 Å². The summed E-state index contributed by atoms with van der Waals surface area (Å²) in [7, 11) is 0. The highest BCUT2D eigenvalue weighted by Crippen LogP contribution is 2.22. The zero-order valence-corrected chi connectivity index (χ0v) is 14.0. The van der Waals surface area contributed by atoms with Gasteiger partial charge in [0, 0.05) is 25.0 Å². The van der Waals surface area contributed by atoms with Crippen molar-refractivity contribution in [2.45, 2.75) is 40.0 Å². The standard InChI is InChI=1S/C18H20O6/c1-4-22-17(20)7-5-6-14-11(2)23-16-10-13(24-12(3)19)8-9-15(16)18(14)21/h8-10H,4-7H2,1-3H3. The predicted octanol–water partition coefficient (Wildman–Crippen LogP) is 2.91. The van der Waals surface area contributed by atoms with Gasteiger partial charge in [-0.25, -0.2) is 0 Å². The molecule has 0 bridgehead atoms. The summed E-state index contributed by atoms with van der Waals surface area (Å²) < 4.78 is 15.6. The normalized spacial score (nSPS) is 10.6. The molecule has 0 amide bonds. The lowest BCUT2D eigenvalue weighted by molar-refractivity contribution is -0.143. The second-order valence-electron chi connectivity index (χ2n) is 5.38. The molecule has 24 heavy (non-hydrogen) atoms. The van der Waals surface area contributed by atoms with Gasteiger partial charge in [0.15, 0.2) is 5.43 Å². The van der Waals surface area contributed by atoms with Crippen molar-refractivity contribution in [2.75, 3.05) is 6.61 Å². The molecule has 1 aromatic heterocycles. The Morgan fingerprint density at radius 3 is 2.67 bits per heavy atom. The van der Waals surface area contributed by atoms with Crippen LogP contribution < -0.4 is 10.2 Å². The van der Waals surface area contributed by atoms with Crippen LogP contribution in [0.2, 0.25) is 0 Å². The average Bonchev–Trinajstić information content (AvgIpc) is 2.50. The summed E-state index contributed by atoms with van der Waals surface area (Å²) in [6.07, 6.45) is 1.21. The SMILES string of the molecule is CCOC(=O)CCCc1c(C)oc2cc(OC(C)=O)ccc2c1=O. The third-order valence-electron chi connectivity index (χ3n) is 3.53. The Kier molecular flexibility index (Phi) is 5.73. The van der Waals surface area contributed by atoms with Crippen molar-refractivity contribution >= 4 is 22.9 Å². The summed E-state index contributed by atoms with van der Waals surface area (Å²) in [6.45, 7) is 5.11. The van der Waals surface area contributed by atoms with E-state index >= 15 is 0 Å². The minimum absolute atomic E-state index is 0.132. The van der Waals surface area contributed by atoms with Crippen LogP contribution in [0.5, 0.6) is 5.75 Å². The van der Waals surface area contributed by atoms with Crippen LogP contribution in [0.15, 0.2) is 27.4 Å². The minimum atomic E-state index is -0.441. The van der Waals surface area contributed by atoms with E-state index in [1.54, 1.807) is 26.0 Å². The topological polar surface area (TPSA) is 82.8 Å². The van der Waals surface area contributed by atoms with Crippen molar-refractivity contribution in [3.05, 3.63) is 39.7 Å². The Morgan fingerprint density at radius 1 is 1.25 bits per heavy atom. The Morgan fingerprint density at radius 2 is 2.00 bits per heavy atom. The molecule has 2 rings (SSSR count). The Hall–Kier alpha value is -2.63. The number of carbonyl (C=O) groups excluding carboxylic acids is 2. The number of aryl methyl sites for hydroxylation is 1. The fraction of sp³-hybridized carbons (Fsp3) is 0.389. The molecule has 0 saturated carbocycles. The summed E-state index contributed by atoms with van der Waals surface area (Å²) in [5, 5.41) is 0.419. The number of esters is 2. The Bertz CT molecular complexity index is 818. The molecule has 1 heterocycles. The third-order valence-corrected chi connectivity index (χ3v) is 3.53. The van der Waals surface area contributed by atoms with Gasteiger partial charge in [0.1, 0.15) is 17.1 Å². The zero-order chi connectivity index (χ0) is 17.7. The second kappa shape index (κ2) is 7.77. The van der Waals surface area contributed by atoms with Crippen LogP contribution in [-0.2, 0) is 20.7 Å². The Labute approximate surface area is 139 Å².